The molecular weight excluding hydrogens is 316 g/mol. The van der Waals surface area contributed by atoms with E-state index in [1.54, 1.807) is 11.1 Å². The zero-order valence-electron chi connectivity index (χ0n) is 16.7. The van der Waals surface area contributed by atoms with Gasteiger partial charge in [-0.15, -0.1) is 0 Å². The van der Waals surface area contributed by atoms with Crippen LogP contribution < -0.4 is 4.90 Å². The van der Waals surface area contributed by atoms with Crippen molar-refractivity contribution in [2.45, 2.75) is 58.0 Å². The van der Waals surface area contributed by atoms with E-state index in [4.69, 9.17) is 0 Å². The van der Waals surface area contributed by atoms with Gasteiger partial charge in [0.25, 0.3) is 0 Å². The van der Waals surface area contributed by atoms with Gasteiger partial charge in [-0.25, -0.2) is 0 Å². The highest BCUT2D eigenvalue weighted by Gasteiger charge is 2.30. The van der Waals surface area contributed by atoms with Crippen molar-refractivity contribution in [1.82, 2.24) is 4.90 Å². The molecule has 2 aromatic rings. The lowest BCUT2D eigenvalue weighted by atomic mass is 10.0. The third kappa shape index (κ3) is 4.29. The van der Waals surface area contributed by atoms with Gasteiger partial charge < -0.3 is 9.80 Å². The van der Waals surface area contributed by atoms with Gasteiger partial charge >= 0.3 is 0 Å². The van der Waals surface area contributed by atoms with E-state index in [-0.39, 0.29) is 0 Å². The molecule has 1 heterocycles. The van der Waals surface area contributed by atoms with Crippen LogP contribution in [-0.4, -0.2) is 37.1 Å². The van der Waals surface area contributed by atoms with Gasteiger partial charge in [-0.1, -0.05) is 62.7 Å². The highest BCUT2D eigenvalue weighted by atomic mass is 15.2. The van der Waals surface area contributed by atoms with Crippen molar-refractivity contribution in [2.24, 2.45) is 0 Å². The molecule has 1 aliphatic carbocycles. The lowest BCUT2D eigenvalue weighted by Gasteiger charge is -2.40. The normalized spacial score (nSPS) is 20.2. The van der Waals surface area contributed by atoms with Crippen LogP contribution in [0.5, 0.6) is 0 Å². The second-order valence-electron chi connectivity index (χ2n) is 7.45. The smallest absolute Gasteiger partial charge is 0.0371 e. The van der Waals surface area contributed by atoms with Crippen LogP contribution in [0.1, 0.15) is 44.2 Å². The Bertz CT molecular complexity index is 642. The lowest BCUT2D eigenvalue weighted by molar-refractivity contribution is 0.186. The zero-order chi connectivity index (χ0) is 18.4. The van der Waals surface area contributed by atoms with E-state index < -0.39 is 0 Å². The zero-order valence-corrected chi connectivity index (χ0v) is 16.7. The fourth-order valence-corrected chi connectivity index (χ4v) is 4.44. The Labute approximate surface area is 159 Å². The molecule has 0 radical (unpaired) electrons. The standard InChI is InChI=1S/C22H28N2.C2H6/c1-23-14-8-7-13-21(23)17-24(20-11-3-2-4-12-20)22-15-18-9-5-6-10-19(18)16-22;1-2/h2-6,9-12,21-22H,7-8,13-17H2,1H3;1-2H3. The first-order chi connectivity index (χ1) is 12.8. The predicted octanol–water partition coefficient (Wildman–Crippen LogP) is 5.17. The van der Waals surface area contributed by atoms with Crippen LogP contribution in [0.4, 0.5) is 5.69 Å². The van der Waals surface area contributed by atoms with Crippen molar-refractivity contribution in [1.29, 1.82) is 0 Å². The van der Waals surface area contributed by atoms with E-state index in [1.165, 1.54) is 44.3 Å². The first-order valence-electron chi connectivity index (χ1n) is 10.4. The summed E-state index contributed by atoms with van der Waals surface area (Å²) < 4.78 is 0. The molecule has 0 bridgehead atoms. The second kappa shape index (κ2) is 9.23. The molecule has 0 aromatic heterocycles. The predicted molar refractivity (Wildman–Crippen MR) is 113 cm³/mol. The van der Waals surface area contributed by atoms with Crippen molar-refractivity contribution < 1.29 is 0 Å². The summed E-state index contributed by atoms with van der Waals surface area (Å²) in [7, 11) is 2.30. The van der Waals surface area contributed by atoms with E-state index in [0.717, 1.165) is 6.54 Å². The van der Waals surface area contributed by atoms with Gasteiger partial charge in [0, 0.05) is 24.3 Å². The topological polar surface area (TPSA) is 6.48 Å². The quantitative estimate of drug-likeness (QED) is 0.750. The number of likely N-dealkylation sites (tertiary alicyclic amines) is 1. The second-order valence-corrected chi connectivity index (χ2v) is 7.45. The van der Waals surface area contributed by atoms with E-state index in [9.17, 15) is 0 Å². The molecular formula is C24H34N2. The van der Waals surface area contributed by atoms with Crippen molar-refractivity contribution in [3.05, 3.63) is 65.7 Å². The fraction of sp³-hybridized carbons (Fsp3) is 0.500. The maximum Gasteiger partial charge on any atom is 0.0371 e. The van der Waals surface area contributed by atoms with Gasteiger partial charge in [-0.3, -0.25) is 0 Å². The molecule has 1 unspecified atom stereocenters. The monoisotopic (exact) mass is 350 g/mol. The summed E-state index contributed by atoms with van der Waals surface area (Å²) >= 11 is 0. The van der Waals surface area contributed by atoms with Crippen LogP contribution in [0.25, 0.3) is 0 Å². The van der Waals surface area contributed by atoms with Crippen LogP contribution in [0.2, 0.25) is 0 Å². The summed E-state index contributed by atoms with van der Waals surface area (Å²) in [6, 6.07) is 21.3. The van der Waals surface area contributed by atoms with Crippen molar-refractivity contribution >= 4 is 5.69 Å². The molecule has 2 aliphatic rings. The third-order valence-electron chi connectivity index (χ3n) is 5.89. The summed E-state index contributed by atoms with van der Waals surface area (Å²) in [6.45, 7) is 6.40. The van der Waals surface area contributed by atoms with E-state index in [0.29, 0.717) is 12.1 Å². The minimum atomic E-state index is 0.597. The van der Waals surface area contributed by atoms with Gasteiger partial charge in [-0.2, -0.15) is 0 Å². The molecule has 0 amide bonds. The fourth-order valence-electron chi connectivity index (χ4n) is 4.44. The number of anilines is 1. The molecule has 2 nitrogen and oxygen atoms in total. The average Bonchev–Trinajstić information content (AvgIpc) is 3.13. The molecule has 1 atom stereocenters. The van der Waals surface area contributed by atoms with Gasteiger partial charge in [0.15, 0.2) is 0 Å². The molecule has 2 heteroatoms. The maximum absolute atomic E-state index is 2.69. The molecule has 2 aromatic carbocycles. The molecule has 1 aliphatic heterocycles. The number of likely N-dealkylation sites (N-methyl/N-ethyl adjacent to an activating group) is 1. The van der Waals surface area contributed by atoms with Crippen LogP contribution in [0, 0.1) is 0 Å². The molecule has 0 N–H and O–H groups in total. The lowest BCUT2D eigenvalue weighted by Crippen LogP contribution is -2.48. The average molecular weight is 351 g/mol. The summed E-state index contributed by atoms with van der Waals surface area (Å²) in [6.07, 6.45) is 6.43. The number of piperidine rings is 1. The number of rotatable bonds is 4. The Morgan fingerprint density at radius 1 is 0.885 bits per heavy atom. The summed E-state index contributed by atoms with van der Waals surface area (Å²) in [5, 5.41) is 0. The summed E-state index contributed by atoms with van der Waals surface area (Å²) in [4.78, 5) is 5.26. The molecule has 0 spiro atoms. The number of hydrogen-bond donors (Lipinski definition) is 0. The van der Waals surface area contributed by atoms with Gasteiger partial charge in [0.1, 0.15) is 0 Å². The SMILES string of the molecule is CC.CN1CCCCC1CN(c1ccccc1)C1Cc2ccccc2C1. The maximum atomic E-state index is 2.69. The minimum Gasteiger partial charge on any atom is -0.366 e. The number of hydrogen-bond acceptors (Lipinski definition) is 2. The molecule has 4 rings (SSSR count). The Balaban J connectivity index is 0.000000948. The Morgan fingerprint density at radius 3 is 2.12 bits per heavy atom. The summed E-state index contributed by atoms with van der Waals surface area (Å²) in [5.41, 5.74) is 4.47. The van der Waals surface area contributed by atoms with Crippen molar-refractivity contribution in [3.63, 3.8) is 0 Å². The van der Waals surface area contributed by atoms with Crippen molar-refractivity contribution in [2.75, 3.05) is 25.0 Å². The highest BCUT2D eigenvalue weighted by molar-refractivity contribution is 5.50. The first-order valence-corrected chi connectivity index (χ1v) is 10.4. The Kier molecular flexibility index (Phi) is 6.73. The molecule has 0 saturated carbocycles. The number of nitrogens with zero attached hydrogens (tertiary/aromatic N) is 2. The highest BCUT2D eigenvalue weighted by Crippen LogP contribution is 2.30. The molecule has 26 heavy (non-hydrogen) atoms. The molecule has 1 saturated heterocycles. The van der Waals surface area contributed by atoms with Crippen LogP contribution in [-0.2, 0) is 12.8 Å². The number of benzene rings is 2. The third-order valence-corrected chi connectivity index (χ3v) is 5.89. The van der Waals surface area contributed by atoms with Crippen LogP contribution in [0.15, 0.2) is 54.6 Å². The Morgan fingerprint density at radius 2 is 1.50 bits per heavy atom. The van der Waals surface area contributed by atoms with E-state index >= 15 is 0 Å². The van der Waals surface area contributed by atoms with E-state index in [2.05, 4.69) is 71.4 Å². The molecule has 1 fully saturated rings. The van der Waals surface area contributed by atoms with Gasteiger partial charge in [-0.05, 0) is 62.5 Å². The van der Waals surface area contributed by atoms with Crippen molar-refractivity contribution in [3.8, 4) is 0 Å². The number of para-hydroxylation sites is 1. The molecule has 140 valence electrons. The van der Waals surface area contributed by atoms with Crippen LogP contribution >= 0.6 is 0 Å². The van der Waals surface area contributed by atoms with Gasteiger partial charge in [0.2, 0.25) is 0 Å². The number of fused-ring (bicyclic) bond motifs is 1. The van der Waals surface area contributed by atoms with Gasteiger partial charge in [0.05, 0.1) is 0 Å². The Hall–Kier alpha value is -1.80. The van der Waals surface area contributed by atoms with E-state index in [1.807, 2.05) is 13.8 Å². The first kappa shape index (κ1) is 19.0. The largest absolute Gasteiger partial charge is 0.366 e. The summed E-state index contributed by atoms with van der Waals surface area (Å²) in [5.74, 6) is 0. The minimum absolute atomic E-state index is 0.597. The van der Waals surface area contributed by atoms with Crippen LogP contribution in [0.3, 0.4) is 0 Å².